The molecule has 5 nitrogen and oxygen atoms in total. The Morgan fingerprint density at radius 2 is 1.73 bits per heavy atom. The SMILES string of the molecule is Cc1cccc(C(=O)Nc2ccccc2C(=O)N2CCC(c3nc4ccccc4s3)CC2)c1. The third-order valence-corrected chi connectivity index (χ3v) is 7.33. The Labute approximate surface area is 197 Å². The average Bonchev–Trinajstić information content (AvgIpc) is 3.28. The predicted octanol–water partition coefficient (Wildman–Crippen LogP) is 5.88. The Kier molecular flexibility index (Phi) is 5.92. The number of aryl methyl sites for hydroxylation is 1. The second-order valence-corrected chi connectivity index (χ2v) is 9.52. The zero-order chi connectivity index (χ0) is 22.8. The number of aromatic nitrogens is 1. The van der Waals surface area contributed by atoms with Gasteiger partial charge in [-0.3, -0.25) is 9.59 Å². The molecule has 1 aliphatic heterocycles. The van der Waals surface area contributed by atoms with E-state index >= 15 is 0 Å². The quantitative estimate of drug-likeness (QED) is 0.418. The van der Waals surface area contributed by atoms with Crippen molar-refractivity contribution in [1.29, 1.82) is 0 Å². The summed E-state index contributed by atoms with van der Waals surface area (Å²) < 4.78 is 1.21. The first-order valence-corrected chi connectivity index (χ1v) is 12.0. The van der Waals surface area contributed by atoms with Crippen LogP contribution >= 0.6 is 11.3 Å². The number of likely N-dealkylation sites (tertiary alicyclic amines) is 1. The summed E-state index contributed by atoms with van der Waals surface area (Å²) in [6.07, 6.45) is 1.78. The van der Waals surface area contributed by atoms with Crippen LogP contribution in [-0.4, -0.2) is 34.8 Å². The number of para-hydroxylation sites is 2. The Bertz CT molecular complexity index is 1290. The molecule has 0 atom stereocenters. The van der Waals surface area contributed by atoms with Crippen LogP contribution < -0.4 is 5.32 Å². The number of anilines is 1. The van der Waals surface area contributed by atoms with Crippen LogP contribution in [0.4, 0.5) is 5.69 Å². The summed E-state index contributed by atoms with van der Waals surface area (Å²) >= 11 is 1.76. The van der Waals surface area contributed by atoms with Crippen molar-refractivity contribution < 1.29 is 9.59 Å². The number of rotatable bonds is 4. The largest absolute Gasteiger partial charge is 0.339 e. The van der Waals surface area contributed by atoms with Gasteiger partial charge in [-0.2, -0.15) is 0 Å². The van der Waals surface area contributed by atoms with Gasteiger partial charge in [0.15, 0.2) is 0 Å². The molecule has 0 unspecified atom stereocenters. The van der Waals surface area contributed by atoms with Crippen LogP contribution in [0.3, 0.4) is 0 Å². The van der Waals surface area contributed by atoms with E-state index in [1.807, 2.05) is 54.3 Å². The van der Waals surface area contributed by atoms with E-state index < -0.39 is 0 Å². The summed E-state index contributed by atoms with van der Waals surface area (Å²) in [4.78, 5) is 32.8. The fourth-order valence-corrected chi connectivity index (χ4v) is 5.46. The smallest absolute Gasteiger partial charge is 0.255 e. The van der Waals surface area contributed by atoms with Gasteiger partial charge in [-0.25, -0.2) is 4.98 Å². The van der Waals surface area contributed by atoms with E-state index in [0.29, 0.717) is 35.8 Å². The Morgan fingerprint density at radius 1 is 0.970 bits per heavy atom. The van der Waals surface area contributed by atoms with Crippen LogP contribution in [-0.2, 0) is 0 Å². The molecule has 0 aliphatic carbocycles. The van der Waals surface area contributed by atoms with Gasteiger partial charge in [0.05, 0.1) is 26.5 Å². The second-order valence-electron chi connectivity index (χ2n) is 8.46. The van der Waals surface area contributed by atoms with E-state index in [1.165, 1.54) is 4.70 Å². The number of thiazole rings is 1. The molecule has 0 radical (unpaired) electrons. The van der Waals surface area contributed by atoms with Gasteiger partial charge in [0.25, 0.3) is 11.8 Å². The molecule has 166 valence electrons. The molecule has 2 heterocycles. The Hall–Kier alpha value is -3.51. The molecule has 1 aliphatic rings. The van der Waals surface area contributed by atoms with Gasteiger partial charge < -0.3 is 10.2 Å². The maximum atomic E-state index is 13.3. The number of carbonyl (C=O) groups is 2. The summed E-state index contributed by atoms with van der Waals surface area (Å²) in [5, 5.41) is 4.09. The highest BCUT2D eigenvalue weighted by atomic mass is 32.1. The van der Waals surface area contributed by atoms with Crippen LogP contribution in [0.25, 0.3) is 10.2 Å². The molecule has 3 aromatic carbocycles. The molecule has 0 saturated carbocycles. The van der Waals surface area contributed by atoms with Crippen molar-refractivity contribution in [3.05, 3.63) is 94.5 Å². The van der Waals surface area contributed by atoms with Crippen molar-refractivity contribution in [3.63, 3.8) is 0 Å². The van der Waals surface area contributed by atoms with Crippen LogP contribution in [0.2, 0.25) is 0 Å². The fourth-order valence-electron chi connectivity index (χ4n) is 4.32. The normalized spacial score (nSPS) is 14.4. The lowest BCUT2D eigenvalue weighted by Crippen LogP contribution is -2.38. The van der Waals surface area contributed by atoms with Gasteiger partial charge in [0, 0.05) is 24.6 Å². The summed E-state index contributed by atoms with van der Waals surface area (Å²) in [7, 11) is 0. The summed E-state index contributed by atoms with van der Waals surface area (Å²) in [6.45, 7) is 3.31. The third-order valence-electron chi connectivity index (χ3n) is 6.13. The number of benzene rings is 3. The molecule has 1 aromatic heterocycles. The molecule has 0 spiro atoms. The van der Waals surface area contributed by atoms with Crippen molar-refractivity contribution in [2.24, 2.45) is 0 Å². The van der Waals surface area contributed by atoms with Crippen molar-refractivity contribution in [1.82, 2.24) is 9.88 Å². The molecular formula is C27H25N3O2S. The lowest BCUT2D eigenvalue weighted by molar-refractivity contribution is 0.0714. The van der Waals surface area contributed by atoms with E-state index in [1.54, 1.807) is 29.5 Å². The number of fused-ring (bicyclic) bond motifs is 1. The lowest BCUT2D eigenvalue weighted by atomic mass is 9.96. The van der Waals surface area contributed by atoms with E-state index in [-0.39, 0.29) is 11.8 Å². The zero-order valence-electron chi connectivity index (χ0n) is 18.5. The van der Waals surface area contributed by atoms with Gasteiger partial charge in [-0.05, 0) is 56.2 Å². The lowest BCUT2D eigenvalue weighted by Gasteiger charge is -2.31. The number of amides is 2. The number of piperidine rings is 1. The first kappa shape index (κ1) is 21.3. The highest BCUT2D eigenvalue weighted by Crippen LogP contribution is 2.34. The number of nitrogens with zero attached hydrogens (tertiary/aromatic N) is 2. The van der Waals surface area contributed by atoms with E-state index in [0.717, 1.165) is 28.9 Å². The molecule has 6 heteroatoms. The van der Waals surface area contributed by atoms with Crippen molar-refractivity contribution in [2.75, 3.05) is 18.4 Å². The third kappa shape index (κ3) is 4.52. The van der Waals surface area contributed by atoms with Crippen LogP contribution in [0, 0.1) is 6.92 Å². The highest BCUT2D eigenvalue weighted by molar-refractivity contribution is 7.18. The van der Waals surface area contributed by atoms with E-state index in [2.05, 4.69) is 17.4 Å². The van der Waals surface area contributed by atoms with Gasteiger partial charge in [-0.1, -0.05) is 42.0 Å². The van der Waals surface area contributed by atoms with Crippen molar-refractivity contribution in [2.45, 2.75) is 25.7 Å². The van der Waals surface area contributed by atoms with Crippen LogP contribution in [0.5, 0.6) is 0 Å². The molecule has 1 fully saturated rings. The maximum absolute atomic E-state index is 13.3. The monoisotopic (exact) mass is 455 g/mol. The molecule has 5 rings (SSSR count). The topological polar surface area (TPSA) is 62.3 Å². The molecule has 33 heavy (non-hydrogen) atoms. The molecule has 0 bridgehead atoms. The Morgan fingerprint density at radius 3 is 2.52 bits per heavy atom. The number of hydrogen-bond acceptors (Lipinski definition) is 4. The minimum absolute atomic E-state index is 0.0436. The van der Waals surface area contributed by atoms with Crippen LogP contribution in [0.1, 0.15) is 50.0 Å². The van der Waals surface area contributed by atoms with Crippen molar-refractivity contribution >= 4 is 39.1 Å². The van der Waals surface area contributed by atoms with Crippen LogP contribution in [0.15, 0.2) is 72.8 Å². The second kappa shape index (κ2) is 9.16. The number of carbonyl (C=O) groups excluding carboxylic acids is 2. The van der Waals surface area contributed by atoms with Gasteiger partial charge in [0.2, 0.25) is 0 Å². The minimum atomic E-state index is -0.214. The van der Waals surface area contributed by atoms with Gasteiger partial charge in [0.1, 0.15) is 0 Å². The van der Waals surface area contributed by atoms with E-state index in [4.69, 9.17) is 4.98 Å². The van der Waals surface area contributed by atoms with Gasteiger partial charge >= 0.3 is 0 Å². The number of hydrogen-bond donors (Lipinski definition) is 1. The summed E-state index contributed by atoms with van der Waals surface area (Å²) in [5.41, 5.74) is 3.71. The molecule has 2 amide bonds. The first-order chi connectivity index (χ1) is 16.1. The summed E-state index contributed by atoms with van der Waals surface area (Å²) in [6, 6.07) is 22.9. The van der Waals surface area contributed by atoms with Crippen molar-refractivity contribution in [3.8, 4) is 0 Å². The molecule has 4 aromatic rings. The maximum Gasteiger partial charge on any atom is 0.255 e. The standard InChI is InChI=1S/C27H25N3O2S/c1-18-7-6-8-20(17-18)25(31)28-22-10-3-2-9-21(22)27(32)30-15-13-19(14-16-30)26-29-23-11-4-5-12-24(23)33-26/h2-12,17,19H,13-16H2,1H3,(H,28,31). The Balaban J connectivity index is 1.28. The van der Waals surface area contributed by atoms with E-state index in [9.17, 15) is 9.59 Å². The highest BCUT2D eigenvalue weighted by Gasteiger charge is 2.27. The predicted molar refractivity (Wildman–Crippen MR) is 133 cm³/mol. The minimum Gasteiger partial charge on any atom is -0.339 e. The summed E-state index contributed by atoms with van der Waals surface area (Å²) in [5.74, 6) is 0.120. The fraction of sp³-hybridized carbons (Fsp3) is 0.222. The zero-order valence-corrected chi connectivity index (χ0v) is 19.3. The molecule has 1 saturated heterocycles. The molecular weight excluding hydrogens is 430 g/mol. The molecule has 1 N–H and O–H groups in total. The average molecular weight is 456 g/mol. The first-order valence-electron chi connectivity index (χ1n) is 11.2. The van der Waals surface area contributed by atoms with Gasteiger partial charge in [-0.15, -0.1) is 11.3 Å². The number of nitrogens with one attached hydrogen (secondary N) is 1.